The Hall–Kier alpha value is -1.35. The van der Waals surface area contributed by atoms with Crippen LogP contribution in [0.5, 0.6) is 0 Å². The number of amides is 1. The summed E-state index contributed by atoms with van der Waals surface area (Å²) in [5.41, 5.74) is -0.477. The van der Waals surface area contributed by atoms with E-state index in [1.54, 1.807) is 4.90 Å². The largest absolute Gasteiger partial charge is 0.451 e. The molecule has 2 aliphatic rings. The molecule has 0 spiro atoms. The summed E-state index contributed by atoms with van der Waals surface area (Å²) >= 11 is 0. The first-order valence-electron chi connectivity index (χ1n) is 6.81. The Morgan fingerprint density at radius 3 is 2.64 bits per heavy atom. The van der Waals surface area contributed by atoms with Crippen LogP contribution in [-0.2, 0) is 24.1 Å². The number of halogens is 4. The smallest absolute Gasteiger partial charge is 0.333 e. The Morgan fingerprint density at radius 2 is 2.05 bits per heavy atom. The van der Waals surface area contributed by atoms with Crippen LogP contribution in [-0.4, -0.2) is 45.2 Å². The summed E-state index contributed by atoms with van der Waals surface area (Å²) in [6, 6.07) is 0. The van der Waals surface area contributed by atoms with Crippen molar-refractivity contribution in [2.24, 2.45) is 5.41 Å². The minimum Gasteiger partial charge on any atom is -0.333 e. The van der Waals surface area contributed by atoms with Crippen molar-refractivity contribution in [1.29, 1.82) is 0 Å². The van der Waals surface area contributed by atoms with Gasteiger partial charge in [-0.3, -0.25) is 4.79 Å². The zero-order valence-electron chi connectivity index (χ0n) is 12.0. The van der Waals surface area contributed by atoms with Gasteiger partial charge in [0, 0.05) is 19.6 Å². The third-order valence-corrected chi connectivity index (χ3v) is 4.18. The van der Waals surface area contributed by atoms with Crippen LogP contribution >= 0.6 is 12.4 Å². The fraction of sp³-hybridized carbons (Fsp3) is 0.750. The summed E-state index contributed by atoms with van der Waals surface area (Å²) in [5, 5.41) is 9.95. The van der Waals surface area contributed by atoms with Gasteiger partial charge in [-0.05, 0) is 19.9 Å². The highest BCUT2D eigenvalue weighted by atomic mass is 35.5. The maximum absolute atomic E-state index is 12.8. The molecule has 1 saturated heterocycles. The van der Waals surface area contributed by atoms with Gasteiger partial charge in [0.05, 0.1) is 12.0 Å². The number of carbonyl (C=O) groups is 1. The molecule has 124 valence electrons. The van der Waals surface area contributed by atoms with Crippen LogP contribution in [0.4, 0.5) is 13.2 Å². The van der Waals surface area contributed by atoms with Crippen LogP contribution in [0.15, 0.2) is 0 Å². The molecular formula is C12H17ClF3N5O. The van der Waals surface area contributed by atoms with Gasteiger partial charge in [-0.25, -0.2) is 0 Å². The Kier molecular flexibility index (Phi) is 4.40. The van der Waals surface area contributed by atoms with E-state index in [0.717, 1.165) is 17.5 Å². The van der Waals surface area contributed by atoms with Crippen molar-refractivity contribution < 1.29 is 18.0 Å². The lowest BCUT2D eigenvalue weighted by molar-refractivity contribution is -0.148. The number of rotatable bonds is 1. The number of nitrogens with one attached hydrogen (secondary N) is 1. The third kappa shape index (κ3) is 2.79. The molecule has 1 atom stereocenters. The molecule has 2 aliphatic heterocycles. The predicted octanol–water partition coefficient (Wildman–Crippen LogP) is 1.06. The molecule has 6 nitrogen and oxygen atoms in total. The zero-order chi connectivity index (χ0) is 15.3. The lowest BCUT2D eigenvalue weighted by atomic mass is 9.88. The second-order valence-electron chi connectivity index (χ2n) is 5.80. The van der Waals surface area contributed by atoms with E-state index in [2.05, 4.69) is 15.5 Å². The van der Waals surface area contributed by atoms with E-state index < -0.39 is 17.4 Å². The van der Waals surface area contributed by atoms with E-state index in [1.807, 2.05) is 6.92 Å². The van der Waals surface area contributed by atoms with Gasteiger partial charge in [0.25, 0.3) is 0 Å². The fourth-order valence-corrected chi connectivity index (χ4v) is 2.92. The van der Waals surface area contributed by atoms with Crippen molar-refractivity contribution in [3.05, 3.63) is 11.6 Å². The summed E-state index contributed by atoms with van der Waals surface area (Å²) in [5.74, 6) is -0.829. The first-order valence-corrected chi connectivity index (χ1v) is 6.81. The minimum absolute atomic E-state index is 0. The molecule has 10 heteroatoms. The quantitative estimate of drug-likeness (QED) is 0.831. The maximum atomic E-state index is 12.8. The Balaban J connectivity index is 0.00000176. The van der Waals surface area contributed by atoms with Gasteiger partial charge in [-0.15, -0.1) is 22.6 Å². The van der Waals surface area contributed by atoms with E-state index in [9.17, 15) is 18.0 Å². The van der Waals surface area contributed by atoms with Crippen LogP contribution < -0.4 is 5.32 Å². The van der Waals surface area contributed by atoms with E-state index in [4.69, 9.17) is 0 Å². The van der Waals surface area contributed by atoms with Crippen LogP contribution in [0.2, 0.25) is 0 Å². The van der Waals surface area contributed by atoms with Crippen LogP contribution in [0, 0.1) is 5.41 Å². The van der Waals surface area contributed by atoms with Gasteiger partial charge >= 0.3 is 6.18 Å². The summed E-state index contributed by atoms with van der Waals surface area (Å²) in [7, 11) is 0. The zero-order valence-corrected chi connectivity index (χ0v) is 12.8. The van der Waals surface area contributed by atoms with Crippen molar-refractivity contribution in [2.45, 2.75) is 32.6 Å². The molecule has 3 rings (SSSR count). The van der Waals surface area contributed by atoms with E-state index >= 15 is 0 Å². The second kappa shape index (κ2) is 5.69. The first-order chi connectivity index (χ1) is 9.81. The van der Waals surface area contributed by atoms with Crippen LogP contribution in [0.3, 0.4) is 0 Å². The molecule has 22 heavy (non-hydrogen) atoms. The highest BCUT2D eigenvalue weighted by Crippen LogP contribution is 2.32. The van der Waals surface area contributed by atoms with Crippen molar-refractivity contribution in [3.63, 3.8) is 0 Å². The number of hydrogen-bond acceptors (Lipinski definition) is 4. The predicted molar refractivity (Wildman–Crippen MR) is 73.3 cm³/mol. The number of carbonyl (C=O) groups excluding carboxylic acids is 1. The van der Waals surface area contributed by atoms with Gasteiger partial charge in [0.1, 0.15) is 0 Å². The molecule has 1 aromatic heterocycles. The van der Waals surface area contributed by atoms with Crippen molar-refractivity contribution >= 4 is 18.3 Å². The number of aromatic nitrogens is 3. The lowest BCUT2D eigenvalue weighted by Gasteiger charge is -2.34. The summed E-state index contributed by atoms with van der Waals surface area (Å²) in [6.07, 6.45) is -3.78. The van der Waals surface area contributed by atoms with Gasteiger partial charge in [-0.2, -0.15) is 13.2 Å². The lowest BCUT2D eigenvalue weighted by Crippen LogP contribution is -2.47. The Bertz CT molecular complexity index is 568. The topological polar surface area (TPSA) is 63.1 Å². The molecule has 0 aromatic carbocycles. The molecule has 0 aliphatic carbocycles. The molecule has 1 unspecified atom stereocenters. The van der Waals surface area contributed by atoms with Gasteiger partial charge in [0.2, 0.25) is 11.7 Å². The summed E-state index contributed by atoms with van der Waals surface area (Å²) < 4.78 is 39.3. The SMILES string of the molecule is CC1(C(=O)N2CCn3c(nnc3C(F)(F)F)C2)CCNC1.Cl. The highest BCUT2D eigenvalue weighted by Gasteiger charge is 2.43. The standard InChI is InChI=1S/C12H16F3N5O.ClH/c1-11(2-3-16-7-11)10(21)19-4-5-20-8(6-19)17-18-9(20)12(13,14)15;/h16H,2-7H2,1H3;1H. The van der Waals surface area contributed by atoms with Crippen molar-refractivity contribution in [1.82, 2.24) is 25.0 Å². The molecule has 0 saturated carbocycles. The number of fused-ring (bicyclic) bond motifs is 1. The maximum Gasteiger partial charge on any atom is 0.451 e. The number of alkyl halides is 3. The van der Waals surface area contributed by atoms with E-state index in [1.165, 1.54) is 0 Å². The van der Waals surface area contributed by atoms with Gasteiger partial charge in [0.15, 0.2) is 5.82 Å². The van der Waals surface area contributed by atoms with Crippen LogP contribution in [0.1, 0.15) is 25.0 Å². The third-order valence-electron chi connectivity index (χ3n) is 4.18. The average Bonchev–Trinajstić information content (AvgIpc) is 3.03. The van der Waals surface area contributed by atoms with Gasteiger partial charge < -0.3 is 14.8 Å². The Labute approximate surface area is 131 Å². The molecule has 1 fully saturated rings. The number of nitrogens with zero attached hydrogens (tertiary/aromatic N) is 4. The van der Waals surface area contributed by atoms with Crippen molar-refractivity contribution in [3.8, 4) is 0 Å². The monoisotopic (exact) mass is 339 g/mol. The van der Waals surface area contributed by atoms with E-state index in [0.29, 0.717) is 6.54 Å². The van der Waals surface area contributed by atoms with E-state index in [-0.39, 0.29) is 43.8 Å². The molecular weight excluding hydrogens is 323 g/mol. The molecule has 1 aromatic rings. The number of hydrogen-bond donors (Lipinski definition) is 1. The molecule has 0 bridgehead atoms. The fourth-order valence-electron chi connectivity index (χ4n) is 2.92. The van der Waals surface area contributed by atoms with Crippen molar-refractivity contribution in [2.75, 3.05) is 19.6 Å². The molecule has 3 heterocycles. The summed E-state index contributed by atoms with van der Waals surface area (Å²) in [4.78, 5) is 14.1. The van der Waals surface area contributed by atoms with Crippen LogP contribution in [0.25, 0.3) is 0 Å². The molecule has 0 radical (unpaired) electrons. The Morgan fingerprint density at radius 1 is 1.32 bits per heavy atom. The average molecular weight is 340 g/mol. The normalized spacial score (nSPS) is 24.8. The first kappa shape index (κ1) is 17.0. The highest BCUT2D eigenvalue weighted by molar-refractivity contribution is 5.85. The minimum atomic E-state index is -4.52. The second-order valence-corrected chi connectivity index (χ2v) is 5.80. The molecule has 1 N–H and O–H groups in total. The summed E-state index contributed by atoms with van der Waals surface area (Å²) in [6.45, 7) is 3.68. The van der Waals surface area contributed by atoms with Gasteiger partial charge in [-0.1, -0.05) is 0 Å². The molecule has 1 amide bonds.